The van der Waals surface area contributed by atoms with Gasteiger partial charge >= 0.3 is 16.4 Å². The summed E-state index contributed by atoms with van der Waals surface area (Å²) in [4.78, 5) is 12.9. The van der Waals surface area contributed by atoms with E-state index < -0.39 is 59.8 Å². The van der Waals surface area contributed by atoms with Crippen LogP contribution < -0.4 is 0 Å². The third-order valence-corrected chi connectivity index (χ3v) is 11.5. The zero-order valence-corrected chi connectivity index (χ0v) is 39.0. The number of carbonyl (C=O) groups is 1. The molecule has 0 saturated carbocycles. The van der Waals surface area contributed by atoms with Crippen LogP contribution in [0.25, 0.3) is 0 Å². The van der Waals surface area contributed by atoms with Gasteiger partial charge in [-0.05, 0) is 70.6 Å². The molecule has 13 heteroatoms. The summed E-state index contributed by atoms with van der Waals surface area (Å²) in [5.41, 5.74) is 0. The van der Waals surface area contributed by atoms with E-state index >= 15 is 0 Å². The standard InChI is InChI=1S/C48H88O12S/c1-3-5-7-9-11-13-15-17-19-21-22-24-26-28-30-32-34-36-38-56-40-42(41-57-48-46(52)47(60-61(53,54)55)45(51)43(39-49)59-48)58-44(50)37-35-33-31-29-27-25-23-20-18-16-14-12-10-8-6-4-2/h11,13,17,19-20,23,42-43,45-49,51-52H,3-10,12,14-16,18,21-22,24-41H2,1-2H3,(H,53,54,55)/b13-11-,19-17-,23-20-. The molecule has 0 amide bonds. The summed E-state index contributed by atoms with van der Waals surface area (Å²) in [5.74, 6) is -0.409. The zero-order chi connectivity index (χ0) is 44.7. The molecule has 1 rings (SSSR count). The minimum atomic E-state index is -5.06. The smallest absolute Gasteiger partial charge is 0.397 e. The minimum Gasteiger partial charge on any atom is -0.457 e. The van der Waals surface area contributed by atoms with E-state index in [-0.39, 0.29) is 19.6 Å². The molecule has 6 unspecified atom stereocenters. The molecule has 1 aliphatic heterocycles. The second kappa shape index (κ2) is 39.9. The van der Waals surface area contributed by atoms with Gasteiger partial charge in [0.25, 0.3) is 0 Å². The van der Waals surface area contributed by atoms with E-state index in [1.165, 1.54) is 103 Å². The summed E-state index contributed by atoms with van der Waals surface area (Å²) in [6, 6.07) is 0. The van der Waals surface area contributed by atoms with E-state index in [2.05, 4.69) is 54.5 Å². The largest absolute Gasteiger partial charge is 0.457 e. The highest BCUT2D eigenvalue weighted by molar-refractivity contribution is 7.80. The second-order valence-electron chi connectivity index (χ2n) is 16.7. The lowest BCUT2D eigenvalue weighted by Gasteiger charge is -2.41. The van der Waals surface area contributed by atoms with Crippen molar-refractivity contribution in [1.82, 2.24) is 0 Å². The van der Waals surface area contributed by atoms with Crippen LogP contribution in [0.4, 0.5) is 0 Å². The molecule has 0 spiro atoms. The summed E-state index contributed by atoms with van der Waals surface area (Å²) in [6.07, 6.45) is 37.4. The van der Waals surface area contributed by atoms with Crippen molar-refractivity contribution < 1.29 is 56.2 Å². The molecule has 6 atom stereocenters. The molecular formula is C48H88O12S. The van der Waals surface area contributed by atoms with E-state index in [9.17, 15) is 33.1 Å². The van der Waals surface area contributed by atoms with Crippen molar-refractivity contribution >= 4 is 16.4 Å². The first kappa shape index (κ1) is 57.3. The van der Waals surface area contributed by atoms with Gasteiger partial charge in [0.1, 0.15) is 30.5 Å². The predicted octanol–water partition coefficient (Wildman–Crippen LogP) is 10.6. The molecule has 61 heavy (non-hydrogen) atoms. The first-order chi connectivity index (χ1) is 29.6. The molecule has 0 bridgehead atoms. The number of unbranched alkanes of at least 4 members (excludes halogenated alkanes) is 23. The van der Waals surface area contributed by atoms with Crippen LogP contribution in [0.2, 0.25) is 0 Å². The molecule has 358 valence electrons. The summed E-state index contributed by atoms with van der Waals surface area (Å²) in [6.45, 7) is 3.95. The Morgan fingerprint density at radius 2 is 1.08 bits per heavy atom. The summed E-state index contributed by atoms with van der Waals surface area (Å²) >= 11 is 0. The maximum Gasteiger partial charge on any atom is 0.397 e. The van der Waals surface area contributed by atoms with Crippen LogP contribution in [0.15, 0.2) is 36.5 Å². The second-order valence-corrected chi connectivity index (χ2v) is 17.7. The highest BCUT2D eigenvalue weighted by Crippen LogP contribution is 2.26. The Kier molecular flexibility index (Phi) is 37.5. The lowest BCUT2D eigenvalue weighted by atomic mass is 9.99. The number of aliphatic hydroxyl groups is 3. The van der Waals surface area contributed by atoms with Gasteiger partial charge in [-0.1, -0.05) is 159 Å². The average molecular weight is 889 g/mol. The van der Waals surface area contributed by atoms with Crippen molar-refractivity contribution in [2.45, 2.75) is 237 Å². The maximum absolute atomic E-state index is 12.9. The molecule has 0 radical (unpaired) electrons. The number of ether oxygens (including phenoxy) is 4. The lowest BCUT2D eigenvalue weighted by Crippen LogP contribution is -2.60. The van der Waals surface area contributed by atoms with Gasteiger partial charge in [0.15, 0.2) is 6.29 Å². The Bertz CT molecular complexity index is 1210. The third kappa shape index (κ3) is 33.5. The Morgan fingerprint density at radius 1 is 0.623 bits per heavy atom. The molecule has 1 aliphatic rings. The Morgan fingerprint density at radius 3 is 1.61 bits per heavy atom. The van der Waals surface area contributed by atoms with E-state index in [0.717, 1.165) is 70.6 Å². The molecule has 4 N–H and O–H groups in total. The van der Waals surface area contributed by atoms with Crippen LogP contribution in [0.3, 0.4) is 0 Å². The normalized spacial score (nSPS) is 20.4. The fraction of sp³-hybridized carbons (Fsp3) is 0.854. The highest BCUT2D eigenvalue weighted by Gasteiger charge is 2.48. The van der Waals surface area contributed by atoms with E-state index in [4.69, 9.17) is 18.9 Å². The van der Waals surface area contributed by atoms with Gasteiger partial charge in [-0.15, -0.1) is 0 Å². The number of hydrogen-bond donors (Lipinski definition) is 4. The molecule has 1 fully saturated rings. The molecule has 1 heterocycles. The van der Waals surface area contributed by atoms with Crippen LogP contribution >= 0.6 is 0 Å². The van der Waals surface area contributed by atoms with E-state index in [0.29, 0.717) is 13.0 Å². The van der Waals surface area contributed by atoms with E-state index in [1.54, 1.807) is 0 Å². The van der Waals surface area contributed by atoms with Crippen LogP contribution in [-0.2, 0) is 38.3 Å². The number of rotatable bonds is 42. The summed E-state index contributed by atoms with van der Waals surface area (Å²) in [7, 11) is -5.06. The van der Waals surface area contributed by atoms with Gasteiger partial charge in [-0.25, -0.2) is 4.18 Å². The highest BCUT2D eigenvalue weighted by atomic mass is 32.3. The van der Waals surface area contributed by atoms with Crippen LogP contribution in [0.1, 0.15) is 200 Å². The SMILES string of the molecule is CCCCC/C=C\C/C=C\CCCCCCCCCCOCC(COC1OC(CO)C(O)C(OS(=O)(=O)O)C1O)OC(=O)CCCCCCC/C=C\CCCCCCCCC. The van der Waals surface area contributed by atoms with Crippen molar-refractivity contribution in [3.63, 3.8) is 0 Å². The van der Waals surface area contributed by atoms with Crippen LogP contribution in [0, 0.1) is 0 Å². The monoisotopic (exact) mass is 889 g/mol. The van der Waals surface area contributed by atoms with Crippen LogP contribution in [0.5, 0.6) is 0 Å². The van der Waals surface area contributed by atoms with Gasteiger partial charge in [-0.3, -0.25) is 9.35 Å². The number of aliphatic hydroxyl groups excluding tert-OH is 3. The fourth-order valence-electron chi connectivity index (χ4n) is 7.29. The van der Waals surface area contributed by atoms with Crippen molar-refractivity contribution in [3.8, 4) is 0 Å². The number of carbonyl (C=O) groups excluding carboxylic acids is 1. The molecule has 0 aromatic heterocycles. The molecular weight excluding hydrogens is 801 g/mol. The minimum absolute atomic E-state index is 0.0295. The fourth-order valence-corrected chi connectivity index (χ4v) is 7.79. The number of esters is 1. The van der Waals surface area contributed by atoms with E-state index in [1.807, 2.05) is 0 Å². The van der Waals surface area contributed by atoms with Crippen LogP contribution in [-0.4, -0.2) is 97.5 Å². The summed E-state index contributed by atoms with van der Waals surface area (Å²) < 4.78 is 59.1. The third-order valence-electron chi connectivity index (χ3n) is 11.0. The molecule has 0 aromatic carbocycles. The number of allylic oxidation sites excluding steroid dienone is 6. The molecule has 12 nitrogen and oxygen atoms in total. The molecule has 1 saturated heterocycles. The van der Waals surface area contributed by atoms with Gasteiger partial charge < -0.3 is 34.3 Å². The van der Waals surface area contributed by atoms with Gasteiger partial charge in [0.2, 0.25) is 0 Å². The maximum atomic E-state index is 12.9. The predicted molar refractivity (Wildman–Crippen MR) is 243 cm³/mol. The van der Waals surface area contributed by atoms with Crippen molar-refractivity contribution in [2.75, 3.05) is 26.4 Å². The quantitative estimate of drug-likeness (QED) is 0.0198. The first-order valence-corrected chi connectivity index (χ1v) is 25.6. The van der Waals surface area contributed by atoms with Crippen molar-refractivity contribution in [3.05, 3.63) is 36.5 Å². The molecule has 0 aromatic rings. The topological polar surface area (TPSA) is 178 Å². The lowest BCUT2D eigenvalue weighted by molar-refractivity contribution is -0.301. The van der Waals surface area contributed by atoms with Crippen molar-refractivity contribution in [2.24, 2.45) is 0 Å². The van der Waals surface area contributed by atoms with Gasteiger partial charge in [0, 0.05) is 13.0 Å². The first-order valence-electron chi connectivity index (χ1n) is 24.2. The van der Waals surface area contributed by atoms with Crippen molar-refractivity contribution in [1.29, 1.82) is 0 Å². The number of hydrogen-bond acceptors (Lipinski definition) is 11. The zero-order valence-electron chi connectivity index (χ0n) is 38.2. The Balaban J connectivity index is 2.41. The Hall–Kier alpha value is -1.68. The van der Waals surface area contributed by atoms with Gasteiger partial charge in [0.05, 0.1) is 19.8 Å². The summed E-state index contributed by atoms with van der Waals surface area (Å²) in [5, 5.41) is 30.7. The average Bonchev–Trinajstić information content (AvgIpc) is 3.23. The molecule has 0 aliphatic carbocycles. The Labute approximate surface area is 371 Å². The van der Waals surface area contributed by atoms with Gasteiger partial charge in [-0.2, -0.15) is 8.42 Å².